The largest absolute Gasteiger partial charge is 0.333 e. The highest BCUT2D eigenvalue weighted by atomic mass is 32.2. The summed E-state index contributed by atoms with van der Waals surface area (Å²) in [5.74, 6) is -0.416. The molecular formula is C21H24N2O2S. The molecule has 0 aromatic heterocycles. The summed E-state index contributed by atoms with van der Waals surface area (Å²) in [6.07, 6.45) is 1.48. The van der Waals surface area contributed by atoms with Crippen molar-refractivity contribution in [3.63, 3.8) is 0 Å². The smallest absolute Gasteiger partial charge is 0.247 e. The molecule has 0 aliphatic carbocycles. The van der Waals surface area contributed by atoms with E-state index in [1.54, 1.807) is 12.5 Å². The Morgan fingerprint density at radius 1 is 1.08 bits per heavy atom. The predicted molar refractivity (Wildman–Crippen MR) is 108 cm³/mol. The number of benzene rings is 2. The number of hydrogen-bond acceptors (Lipinski definition) is 3. The number of nitrogens with zero attached hydrogens (tertiary/aromatic N) is 1. The van der Waals surface area contributed by atoms with Gasteiger partial charge in [-0.15, -0.1) is 0 Å². The van der Waals surface area contributed by atoms with Gasteiger partial charge in [-0.2, -0.15) is 0 Å². The highest BCUT2D eigenvalue weighted by Crippen LogP contribution is 2.22. The molecule has 5 heteroatoms. The predicted octanol–water partition coefficient (Wildman–Crippen LogP) is 4.31. The second-order valence-electron chi connectivity index (χ2n) is 6.25. The molecule has 2 aromatic carbocycles. The van der Waals surface area contributed by atoms with Crippen LogP contribution in [0.2, 0.25) is 0 Å². The molecule has 1 N–H and O–H groups in total. The molecule has 0 atom stereocenters. The van der Waals surface area contributed by atoms with E-state index in [-0.39, 0.29) is 18.4 Å². The van der Waals surface area contributed by atoms with E-state index in [0.717, 1.165) is 27.3 Å². The number of anilines is 1. The zero-order valence-electron chi connectivity index (χ0n) is 15.6. The van der Waals surface area contributed by atoms with E-state index in [4.69, 9.17) is 0 Å². The van der Waals surface area contributed by atoms with Gasteiger partial charge in [0.05, 0.1) is 6.54 Å². The zero-order valence-corrected chi connectivity index (χ0v) is 16.4. The Kier molecular flexibility index (Phi) is 7.04. The van der Waals surface area contributed by atoms with Crippen molar-refractivity contribution >= 4 is 29.3 Å². The number of hydrogen-bond donors (Lipinski definition) is 1. The van der Waals surface area contributed by atoms with Crippen LogP contribution >= 0.6 is 11.8 Å². The van der Waals surface area contributed by atoms with Crippen LogP contribution in [-0.2, 0) is 9.59 Å². The van der Waals surface area contributed by atoms with Crippen LogP contribution in [-0.4, -0.2) is 30.3 Å². The molecule has 0 unspecified atom stereocenters. The molecule has 0 saturated carbocycles. The zero-order chi connectivity index (χ0) is 19.1. The molecule has 0 spiro atoms. The van der Waals surface area contributed by atoms with Gasteiger partial charge in [0, 0.05) is 23.7 Å². The summed E-state index contributed by atoms with van der Waals surface area (Å²) in [6.45, 7) is 5.96. The molecule has 136 valence electrons. The number of likely N-dealkylation sites (N-methyl/N-ethyl adjacent to an activating group) is 1. The first-order valence-corrected chi connectivity index (χ1v) is 9.26. The van der Waals surface area contributed by atoms with E-state index in [2.05, 4.69) is 5.32 Å². The van der Waals surface area contributed by atoms with Crippen LogP contribution in [0.25, 0.3) is 0 Å². The summed E-state index contributed by atoms with van der Waals surface area (Å²) in [4.78, 5) is 26.9. The Balaban J connectivity index is 1.89. The summed E-state index contributed by atoms with van der Waals surface area (Å²) >= 11 is 1.46. The highest BCUT2D eigenvalue weighted by Gasteiger charge is 2.13. The highest BCUT2D eigenvalue weighted by molar-refractivity contribution is 8.02. The molecule has 0 bridgehead atoms. The number of carbonyl (C=O) groups excluding carboxylic acids is 2. The number of nitrogens with one attached hydrogen (secondary N) is 1. The van der Waals surface area contributed by atoms with Gasteiger partial charge in [-0.1, -0.05) is 47.7 Å². The molecule has 2 rings (SSSR count). The van der Waals surface area contributed by atoms with Gasteiger partial charge in [0.15, 0.2) is 0 Å². The molecule has 0 saturated heterocycles. The number of carbonyl (C=O) groups is 2. The van der Waals surface area contributed by atoms with Crippen LogP contribution < -0.4 is 5.32 Å². The molecule has 0 fully saturated rings. The Morgan fingerprint density at radius 2 is 1.69 bits per heavy atom. The second kappa shape index (κ2) is 9.25. The Morgan fingerprint density at radius 3 is 2.31 bits per heavy atom. The Hall–Kier alpha value is -2.53. The summed E-state index contributed by atoms with van der Waals surface area (Å²) in [5.41, 5.74) is 4.01. The van der Waals surface area contributed by atoms with Crippen LogP contribution in [0, 0.1) is 20.8 Å². The topological polar surface area (TPSA) is 49.4 Å². The molecule has 0 heterocycles. The average Bonchev–Trinajstić information content (AvgIpc) is 2.59. The van der Waals surface area contributed by atoms with Gasteiger partial charge in [-0.3, -0.25) is 9.59 Å². The van der Waals surface area contributed by atoms with Crippen molar-refractivity contribution < 1.29 is 9.59 Å². The summed E-state index contributed by atoms with van der Waals surface area (Å²) in [6, 6.07) is 13.9. The quantitative estimate of drug-likeness (QED) is 0.610. The fraction of sp³-hybridized carbons (Fsp3) is 0.238. The lowest BCUT2D eigenvalue weighted by Gasteiger charge is -2.17. The lowest BCUT2D eigenvalue weighted by Crippen LogP contribution is -2.34. The van der Waals surface area contributed by atoms with Crippen molar-refractivity contribution in [3.05, 3.63) is 70.6 Å². The third-order valence-electron chi connectivity index (χ3n) is 3.86. The van der Waals surface area contributed by atoms with Gasteiger partial charge in [0.2, 0.25) is 11.8 Å². The molecule has 0 aliphatic rings. The van der Waals surface area contributed by atoms with Gasteiger partial charge in [0.1, 0.15) is 0 Å². The van der Waals surface area contributed by atoms with Crippen LogP contribution in [0.15, 0.2) is 58.8 Å². The van der Waals surface area contributed by atoms with E-state index in [9.17, 15) is 9.59 Å². The number of aryl methyl sites for hydroxylation is 3. The van der Waals surface area contributed by atoms with Crippen molar-refractivity contribution in [3.8, 4) is 0 Å². The first kappa shape index (κ1) is 19.8. The fourth-order valence-corrected chi connectivity index (χ4v) is 3.30. The lowest BCUT2D eigenvalue weighted by atomic mass is 10.1. The minimum atomic E-state index is -0.208. The Bertz CT molecular complexity index is 793. The van der Waals surface area contributed by atoms with Gasteiger partial charge in [-0.25, -0.2) is 0 Å². The monoisotopic (exact) mass is 368 g/mol. The normalized spacial score (nSPS) is 10.8. The second-order valence-corrected chi connectivity index (χ2v) is 7.23. The summed E-state index contributed by atoms with van der Waals surface area (Å²) in [5, 5.41) is 4.65. The van der Waals surface area contributed by atoms with Crippen LogP contribution in [0.5, 0.6) is 0 Å². The van der Waals surface area contributed by atoms with Crippen molar-refractivity contribution in [2.45, 2.75) is 25.7 Å². The van der Waals surface area contributed by atoms with Crippen molar-refractivity contribution in [1.29, 1.82) is 0 Å². The van der Waals surface area contributed by atoms with E-state index < -0.39 is 0 Å². The van der Waals surface area contributed by atoms with Crippen molar-refractivity contribution in [2.75, 3.05) is 18.9 Å². The van der Waals surface area contributed by atoms with E-state index in [1.807, 2.05) is 63.2 Å². The van der Waals surface area contributed by atoms with E-state index >= 15 is 0 Å². The maximum atomic E-state index is 12.3. The maximum Gasteiger partial charge on any atom is 0.247 e. The molecule has 26 heavy (non-hydrogen) atoms. The summed E-state index contributed by atoms with van der Waals surface area (Å²) in [7, 11) is 1.62. The summed E-state index contributed by atoms with van der Waals surface area (Å²) < 4.78 is 0. The van der Waals surface area contributed by atoms with Crippen LogP contribution in [0.3, 0.4) is 0 Å². The lowest BCUT2D eigenvalue weighted by molar-refractivity contribution is -0.129. The Labute approximate surface area is 159 Å². The van der Waals surface area contributed by atoms with Crippen molar-refractivity contribution in [1.82, 2.24) is 4.90 Å². The van der Waals surface area contributed by atoms with Gasteiger partial charge < -0.3 is 10.2 Å². The van der Waals surface area contributed by atoms with Gasteiger partial charge in [0.25, 0.3) is 0 Å². The maximum absolute atomic E-state index is 12.3. The third-order valence-corrected chi connectivity index (χ3v) is 4.67. The van der Waals surface area contributed by atoms with Crippen LogP contribution in [0.1, 0.15) is 16.7 Å². The first-order valence-electron chi connectivity index (χ1n) is 8.38. The fourth-order valence-electron chi connectivity index (χ4n) is 2.65. The number of amides is 2. The molecular weight excluding hydrogens is 344 g/mol. The number of thioether (sulfide) groups is 1. The van der Waals surface area contributed by atoms with Gasteiger partial charge >= 0.3 is 0 Å². The average molecular weight is 369 g/mol. The van der Waals surface area contributed by atoms with Crippen molar-refractivity contribution in [2.24, 2.45) is 0 Å². The molecule has 2 amide bonds. The molecule has 2 aromatic rings. The molecule has 0 radical (unpaired) electrons. The standard InChI is InChI=1S/C21H24N2O2S/c1-15-12-16(2)21(17(3)13-15)22-19(24)14-23(4)20(25)10-11-26-18-8-6-5-7-9-18/h5-13H,14H2,1-4H3,(H,22,24)/b11-10+. The first-order chi connectivity index (χ1) is 12.4. The van der Waals surface area contributed by atoms with Gasteiger partial charge in [-0.05, 0) is 49.4 Å². The van der Waals surface area contributed by atoms with E-state index in [1.165, 1.54) is 22.7 Å². The molecule has 4 nitrogen and oxygen atoms in total. The SMILES string of the molecule is Cc1cc(C)c(NC(=O)CN(C)C(=O)/C=C/Sc2ccccc2)c(C)c1. The number of rotatable bonds is 6. The van der Waals surface area contributed by atoms with E-state index in [0.29, 0.717) is 0 Å². The van der Waals surface area contributed by atoms with Crippen LogP contribution in [0.4, 0.5) is 5.69 Å². The minimum Gasteiger partial charge on any atom is -0.333 e. The third kappa shape index (κ3) is 5.77. The minimum absolute atomic E-state index is 0.00589. The molecule has 0 aliphatic heterocycles.